The zero-order valence-corrected chi connectivity index (χ0v) is 11.8. The van der Waals surface area contributed by atoms with E-state index in [9.17, 15) is 4.79 Å². The van der Waals surface area contributed by atoms with Crippen molar-refractivity contribution >= 4 is 11.6 Å². The third kappa shape index (κ3) is 3.35. The van der Waals surface area contributed by atoms with Gasteiger partial charge >= 0.3 is 0 Å². The first-order valence-electron chi connectivity index (χ1n) is 6.66. The first kappa shape index (κ1) is 14.1. The van der Waals surface area contributed by atoms with Crippen LogP contribution in [0.4, 0.5) is 5.69 Å². The van der Waals surface area contributed by atoms with E-state index < -0.39 is 0 Å². The Balaban J connectivity index is 2.15. The van der Waals surface area contributed by atoms with E-state index in [2.05, 4.69) is 11.1 Å². The summed E-state index contributed by atoms with van der Waals surface area (Å²) in [6.45, 7) is 5.23. The van der Waals surface area contributed by atoms with Crippen molar-refractivity contribution in [2.45, 2.75) is 20.4 Å². The van der Waals surface area contributed by atoms with Gasteiger partial charge in [0.2, 0.25) is 0 Å². The van der Waals surface area contributed by atoms with Crippen molar-refractivity contribution in [1.82, 2.24) is 9.88 Å². The van der Waals surface area contributed by atoms with Crippen molar-refractivity contribution in [2.75, 3.05) is 12.3 Å². The van der Waals surface area contributed by atoms with E-state index in [1.54, 1.807) is 17.0 Å². The molecule has 1 heterocycles. The van der Waals surface area contributed by atoms with Crippen LogP contribution in [-0.4, -0.2) is 22.3 Å². The normalized spacial score (nSPS) is 10.3. The average Bonchev–Trinajstić information content (AvgIpc) is 2.45. The molecule has 0 radical (unpaired) electrons. The second-order valence-electron chi connectivity index (χ2n) is 4.79. The fraction of sp³-hybridized carbons (Fsp3) is 0.250. The standard InChI is InChI=1S/C16H19N3O/c1-3-19(11-13-6-4-5-12(2)9-13)16(20)15-8-7-14(17)10-18-15/h4-10H,3,11,17H2,1-2H3. The molecule has 2 aromatic rings. The summed E-state index contributed by atoms with van der Waals surface area (Å²) in [6, 6.07) is 11.5. The maximum Gasteiger partial charge on any atom is 0.272 e. The molecule has 104 valence electrons. The van der Waals surface area contributed by atoms with Gasteiger partial charge in [0.05, 0.1) is 11.9 Å². The molecular weight excluding hydrogens is 250 g/mol. The summed E-state index contributed by atoms with van der Waals surface area (Å²) in [5.41, 5.74) is 8.88. The van der Waals surface area contributed by atoms with E-state index >= 15 is 0 Å². The smallest absolute Gasteiger partial charge is 0.272 e. The number of carbonyl (C=O) groups excluding carboxylic acids is 1. The first-order valence-corrected chi connectivity index (χ1v) is 6.66. The number of hydrogen-bond donors (Lipinski definition) is 1. The van der Waals surface area contributed by atoms with Crippen LogP contribution in [-0.2, 0) is 6.54 Å². The molecule has 0 atom stereocenters. The molecule has 1 aromatic heterocycles. The summed E-state index contributed by atoms with van der Waals surface area (Å²) < 4.78 is 0. The minimum Gasteiger partial charge on any atom is -0.397 e. The van der Waals surface area contributed by atoms with E-state index in [0.29, 0.717) is 24.5 Å². The lowest BCUT2D eigenvalue weighted by molar-refractivity contribution is 0.0746. The molecule has 20 heavy (non-hydrogen) atoms. The summed E-state index contributed by atoms with van der Waals surface area (Å²) in [6.07, 6.45) is 1.51. The Hall–Kier alpha value is -2.36. The van der Waals surface area contributed by atoms with E-state index in [4.69, 9.17) is 5.73 Å². The molecule has 1 amide bonds. The quantitative estimate of drug-likeness (QED) is 0.928. The van der Waals surface area contributed by atoms with Gasteiger partial charge in [-0.1, -0.05) is 29.8 Å². The van der Waals surface area contributed by atoms with Crippen molar-refractivity contribution in [3.63, 3.8) is 0 Å². The van der Waals surface area contributed by atoms with Crippen LogP contribution in [0.15, 0.2) is 42.6 Å². The molecule has 1 aromatic carbocycles. The van der Waals surface area contributed by atoms with Gasteiger partial charge in [-0.15, -0.1) is 0 Å². The fourth-order valence-corrected chi connectivity index (χ4v) is 2.05. The number of aryl methyl sites for hydroxylation is 1. The van der Waals surface area contributed by atoms with Gasteiger partial charge in [-0.05, 0) is 31.5 Å². The van der Waals surface area contributed by atoms with Crippen LogP contribution in [0.25, 0.3) is 0 Å². The second kappa shape index (κ2) is 6.19. The van der Waals surface area contributed by atoms with E-state index in [1.165, 1.54) is 11.8 Å². The Kier molecular flexibility index (Phi) is 4.35. The van der Waals surface area contributed by atoms with Gasteiger partial charge in [-0.25, -0.2) is 4.98 Å². The maximum atomic E-state index is 12.4. The molecule has 4 nitrogen and oxygen atoms in total. The maximum absolute atomic E-state index is 12.4. The summed E-state index contributed by atoms with van der Waals surface area (Å²) in [4.78, 5) is 18.3. The molecule has 0 unspecified atom stereocenters. The van der Waals surface area contributed by atoms with Crippen molar-refractivity contribution in [3.8, 4) is 0 Å². The molecule has 2 rings (SSSR count). The van der Waals surface area contributed by atoms with Crippen molar-refractivity contribution in [3.05, 3.63) is 59.4 Å². The Morgan fingerprint density at radius 2 is 2.10 bits per heavy atom. The molecule has 0 aliphatic rings. The van der Waals surface area contributed by atoms with Gasteiger partial charge in [0, 0.05) is 13.1 Å². The molecule has 0 fully saturated rings. The minimum atomic E-state index is -0.0750. The molecule has 2 N–H and O–H groups in total. The molecule has 0 saturated heterocycles. The van der Waals surface area contributed by atoms with E-state index in [1.807, 2.05) is 32.0 Å². The van der Waals surface area contributed by atoms with E-state index in [-0.39, 0.29) is 5.91 Å². The summed E-state index contributed by atoms with van der Waals surface area (Å²) >= 11 is 0. The number of anilines is 1. The van der Waals surface area contributed by atoms with E-state index in [0.717, 1.165) is 5.56 Å². The third-order valence-corrected chi connectivity index (χ3v) is 3.13. The highest BCUT2D eigenvalue weighted by molar-refractivity contribution is 5.92. The van der Waals surface area contributed by atoms with Gasteiger partial charge in [0.25, 0.3) is 5.91 Å². The number of nitrogen functional groups attached to an aromatic ring is 1. The van der Waals surface area contributed by atoms with Crippen molar-refractivity contribution in [2.24, 2.45) is 0 Å². The highest BCUT2D eigenvalue weighted by Crippen LogP contribution is 2.11. The van der Waals surface area contributed by atoms with Gasteiger partial charge in [0.15, 0.2) is 0 Å². The predicted octanol–water partition coefficient (Wildman–Crippen LogP) is 2.63. The number of nitrogens with two attached hydrogens (primary N) is 1. The number of hydrogen-bond acceptors (Lipinski definition) is 3. The van der Waals surface area contributed by atoms with Gasteiger partial charge in [-0.2, -0.15) is 0 Å². The van der Waals surface area contributed by atoms with Crippen LogP contribution in [0.3, 0.4) is 0 Å². The second-order valence-corrected chi connectivity index (χ2v) is 4.79. The third-order valence-electron chi connectivity index (χ3n) is 3.13. The number of carbonyl (C=O) groups is 1. The number of rotatable bonds is 4. The van der Waals surface area contributed by atoms with Crippen LogP contribution in [0.2, 0.25) is 0 Å². The summed E-state index contributed by atoms with van der Waals surface area (Å²) in [5.74, 6) is -0.0750. The topological polar surface area (TPSA) is 59.2 Å². The molecule has 0 aliphatic carbocycles. The number of benzene rings is 1. The molecule has 0 saturated carbocycles. The number of aromatic nitrogens is 1. The lowest BCUT2D eigenvalue weighted by atomic mass is 10.1. The summed E-state index contributed by atoms with van der Waals surface area (Å²) in [7, 11) is 0. The predicted molar refractivity (Wildman–Crippen MR) is 80.2 cm³/mol. The Labute approximate surface area is 119 Å². The number of nitrogens with zero attached hydrogens (tertiary/aromatic N) is 2. The van der Waals surface area contributed by atoms with Crippen LogP contribution in [0.5, 0.6) is 0 Å². The Morgan fingerprint density at radius 1 is 1.30 bits per heavy atom. The highest BCUT2D eigenvalue weighted by atomic mass is 16.2. The fourth-order valence-electron chi connectivity index (χ4n) is 2.05. The van der Waals surface area contributed by atoms with Crippen molar-refractivity contribution in [1.29, 1.82) is 0 Å². The SMILES string of the molecule is CCN(Cc1cccc(C)c1)C(=O)c1ccc(N)cn1. The molecule has 4 heteroatoms. The van der Waals surface area contributed by atoms with Crippen LogP contribution in [0.1, 0.15) is 28.5 Å². The van der Waals surface area contributed by atoms with Gasteiger partial charge in [0.1, 0.15) is 5.69 Å². The van der Waals surface area contributed by atoms with Crippen LogP contribution >= 0.6 is 0 Å². The highest BCUT2D eigenvalue weighted by Gasteiger charge is 2.15. The Bertz CT molecular complexity index is 593. The average molecular weight is 269 g/mol. The molecule has 0 bridgehead atoms. The lowest BCUT2D eigenvalue weighted by Gasteiger charge is -2.20. The largest absolute Gasteiger partial charge is 0.397 e. The van der Waals surface area contributed by atoms with Gasteiger partial charge in [-0.3, -0.25) is 4.79 Å². The molecule has 0 spiro atoms. The van der Waals surface area contributed by atoms with Crippen LogP contribution < -0.4 is 5.73 Å². The Morgan fingerprint density at radius 3 is 2.70 bits per heavy atom. The number of pyridine rings is 1. The van der Waals surface area contributed by atoms with Crippen LogP contribution in [0, 0.1) is 6.92 Å². The number of amides is 1. The lowest BCUT2D eigenvalue weighted by Crippen LogP contribution is -2.31. The minimum absolute atomic E-state index is 0.0750. The molecule has 0 aliphatic heterocycles. The molecular formula is C16H19N3O. The van der Waals surface area contributed by atoms with Crippen molar-refractivity contribution < 1.29 is 4.79 Å². The zero-order chi connectivity index (χ0) is 14.5. The summed E-state index contributed by atoms with van der Waals surface area (Å²) in [5, 5.41) is 0. The zero-order valence-electron chi connectivity index (χ0n) is 11.8. The first-order chi connectivity index (χ1) is 9.60. The van der Waals surface area contributed by atoms with Gasteiger partial charge < -0.3 is 10.6 Å². The monoisotopic (exact) mass is 269 g/mol.